The van der Waals surface area contributed by atoms with Gasteiger partial charge < -0.3 is 4.18 Å². The van der Waals surface area contributed by atoms with Crippen LogP contribution >= 0.6 is 15.9 Å². The molecule has 1 N–H and O–H groups in total. The molecule has 3 aromatic rings. The van der Waals surface area contributed by atoms with E-state index in [1.165, 1.54) is 42.5 Å². The van der Waals surface area contributed by atoms with Gasteiger partial charge in [0, 0.05) is 4.47 Å². The van der Waals surface area contributed by atoms with E-state index in [0.29, 0.717) is 11.3 Å². The summed E-state index contributed by atoms with van der Waals surface area (Å²) in [6.07, 6.45) is 1.31. The van der Waals surface area contributed by atoms with Crippen molar-refractivity contribution >= 4 is 55.7 Å². The molecule has 0 unspecified atom stereocenters. The Morgan fingerprint density at radius 1 is 0.848 bits per heavy atom. The van der Waals surface area contributed by atoms with E-state index in [0.717, 1.165) is 9.37 Å². The lowest BCUT2D eigenvalue weighted by Gasteiger charge is -2.26. The van der Waals surface area contributed by atoms with Gasteiger partial charge in [-0.1, -0.05) is 46.3 Å². The number of carbonyl (C=O) groups is 3. The van der Waals surface area contributed by atoms with Crippen molar-refractivity contribution in [3.63, 3.8) is 0 Å². The number of nitrogens with one attached hydrogen (secondary N) is 1. The maximum atomic E-state index is 12.9. The standard InChI is InChI=1S/C23H15BrN2O6S/c24-16-8-10-17(11-9-16)26-22(28)20(21(27)25-23(26)29)14-15-6-12-18(13-7-15)32-33(30,31)19-4-2-1-3-5-19/h1-14H,(H,25,27,29)/b20-14+. The minimum atomic E-state index is -4.00. The SMILES string of the molecule is O=C1NC(=O)N(c2ccc(Br)cc2)C(=O)/C1=C/c1ccc(OS(=O)(=O)c2ccccc2)cc1. The zero-order chi connectivity index (χ0) is 23.6. The molecule has 4 rings (SSSR count). The lowest BCUT2D eigenvalue weighted by Crippen LogP contribution is -2.54. The maximum absolute atomic E-state index is 12.9. The highest BCUT2D eigenvalue weighted by molar-refractivity contribution is 9.10. The molecule has 0 saturated carbocycles. The van der Waals surface area contributed by atoms with E-state index in [2.05, 4.69) is 21.2 Å². The summed E-state index contributed by atoms with van der Waals surface area (Å²) >= 11 is 3.29. The molecule has 3 aromatic carbocycles. The molecule has 166 valence electrons. The number of carbonyl (C=O) groups excluding carboxylic acids is 3. The Balaban J connectivity index is 1.57. The maximum Gasteiger partial charge on any atom is 0.339 e. The van der Waals surface area contributed by atoms with E-state index in [-0.39, 0.29) is 16.2 Å². The van der Waals surface area contributed by atoms with Gasteiger partial charge in [0.1, 0.15) is 16.2 Å². The smallest absolute Gasteiger partial charge is 0.339 e. The van der Waals surface area contributed by atoms with Crippen molar-refractivity contribution in [2.45, 2.75) is 4.90 Å². The molecule has 1 fully saturated rings. The fourth-order valence-electron chi connectivity index (χ4n) is 3.03. The molecule has 0 atom stereocenters. The van der Waals surface area contributed by atoms with Crippen LogP contribution in [-0.4, -0.2) is 26.3 Å². The molecule has 1 aliphatic rings. The predicted molar refractivity (Wildman–Crippen MR) is 124 cm³/mol. The van der Waals surface area contributed by atoms with Crippen LogP contribution in [0.5, 0.6) is 5.75 Å². The van der Waals surface area contributed by atoms with E-state index >= 15 is 0 Å². The van der Waals surface area contributed by atoms with Gasteiger partial charge >= 0.3 is 16.1 Å². The molecule has 0 spiro atoms. The third kappa shape index (κ3) is 4.86. The summed E-state index contributed by atoms with van der Waals surface area (Å²) in [5.74, 6) is -1.55. The number of hydrogen-bond acceptors (Lipinski definition) is 6. The lowest BCUT2D eigenvalue weighted by molar-refractivity contribution is -0.122. The number of imide groups is 2. The first-order valence-electron chi connectivity index (χ1n) is 9.51. The highest BCUT2D eigenvalue weighted by Crippen LogP contribution is 2.25. The van der Waals surface area contributed by atoms with E-state index in [4.69, 9.17) is 4.18 Å². The summed E-state index contributed by atoms with van der Waals surface area (Å²) < 4.78 is 30.6. The molecule has 8 nitrogen and oxygen atoms in total. The van der Waals surface area contributed by atoms with Crippen LogP contribution in [0.1, 0.15) is 5.56 Å². The molecule has 10 heteroatoms. The monoisotopic (exact) mass is 526 g/mol. The number of anilines is 1. The van der Waals surface area contributed by atoms with Crippen molar-refractivity contribution < 1.29 is 27.0 Å². The van der Waals surface area contributed by atoms with Crippen molar-refractivity contribution in [1.82, 2.24) is 5.32 Å². The van der Waals surface area contributed by atoms with Crippen LogP contribution in [0.3, 0.4) is 0 Å². The first-order chi connectivity index (χ1) is 15.7. The van der Waals surface area contributed by atoms with Gasteiger partial charge in [0.05, 0.1) is 5.69 Å². The fourth-order valence-corrected chi connectivity index (χ4v) is 4.25. The number of nitrogens with zero attached hydrogens (tertiary/aromatic N) is 1. The molecular formula is C23H15BrN2O6S. The van der Waals surface area contributed by atoms with Gasteiger partial charge in [0.15, 0.2) is 0 Å². The van der Waals surface area contributed by atoms with Gasteiger partial charge in [0.25, 0.3) is 11.8 Å². The Morgan fingerprint density at radius 3 is 2.12 bits per heavy atom. The molecule has 0 aromatic heterocycles. The van der Waals surface area contributed by atoms with Crippen LogP contribution in [0.15, 0.2) is 93.8 Å². The molecule has 0 bridgehead atoms. The van der Waals surface area contributed by atoms with Gasteiger partial charge in [-0.25, -0.2) is 9.69 Å². The van der Waals surface area contributed by atoms with Crippen molar-refractivity contribution in [2.75, 3.05) is 4.90 Å². The number of benzene rings is 3. The first-order valence-corrected chi connectivity index (χ1v) is 11.7. The molecule has 0 aliphatic carbocycles. The Bertz CT molecular complexity index is 1370. The molecule has 4 amide bonds. The Morgan fingerprint density at radius 2 is 1.48 bits per heavy atom. The molecular weight excluding hydrogens is 512 g/mol. The van der Waals surface area contributed by atoms with Crippen LogP contribution in [0.2, 0.25) is 0 Å². The number of rotatable bonds is 5. The molecule has 1 aliphatic heterocycles. The average Bonchev–Trinajstić information content (AvgIpc) is 2.79. The second-order valence-corrected chi connectivity index (χ2v) is 9.32. The fraction of sp³-hybridized carbons (Fsp3) is 0. The van der Waals surface area contributed by atoms with Crippen LogP contribution in [-0.2, 0) is 19.7 Å². The van der Waals surface area contributed by atoms with E-state index < -0.39 is 28.0 Å². The van der Waals surface area contributed by atoms with Crippen LogP contribution < -0.4 is 14.4 Å². The molecule has 33 heavy (non-hydrogen) atoms. The van der Waals surface area contributed by atoms with E-state index in [9.17, 15) is 22.8 Å². The third-order valence-corrected chi connectivity index (χ3v) is 6.41. The van der Waals surface area contributed by atoms with Gasteiger partial charge in [0.2, 0.25) is 0 Å². The molecule has 1 saturated heterocycles. The first kappa shape index (κ1) is 22.4. The van der Waals surface area contributed by atoms with Crippen LogP contribution in [0.25, 0.3) is 6.08 Å². The second-order valence-electron chi connectivity index (χ2n) is 6.85. The third-order valence-electron chi connectivity index (χ3n) is 4.62. The number of urea groups is 1. The van der Waals surface area contributed by atoms with Crippen molar-refractivity contribution in [3.8, 4) is 5.75 Å². The van der Waals surface area contributed by atoms with Crippen molar-refractivity contribution in [1.29, 1.82) is 0 Å². The van der Waals surface area contributed by atoms with Gasteiger partial charge in [-0.2, -0.15) is 8.42 Å². The van der Waals surface area contributed by atoms with Gasteiger partial charge in [-0.15, -0.1) is 0 Å². The van der Waals surface area contributed by atoms with Crippen LogP contribution in [0.4, 0.5) is 10.5 Å². The zero-order valence-corrected chi connectivity index (χ0v) is 19.2. The highest BCUT2D eigenvalue weighted by atomic mass is 79.9. The largest absolute Gasteiger partial charge is 0.379 e. The minimum Gasteiger partial charge on any atom is -0.379 e. The zero-order valence-electron chi connectivity index (χ0n) is 16.8. The van der Waals surface area contributed by atoms with Crippen molar-refractivity contribution in [2.24, 2.45) is 0 Å². The summed E-state index contributed by atoms with van der Waals surface area (Å²) in [7, 11) is -4.00. The Kier molecular flexibility index (Phi) is 6.12. The van der Waals surface area contributed by atoms with E-state index in [1.807, 2.05) is 0 Å². The molecule has 1 heterocycles. The predicted octanol–water partition coefficient (Wildman–Crippen LogP) is 3.88. The van der Waals surface area contributed by atoms with E-state index in [1.54, 1.807) is 42.5 Å². The summed E-state index contributed by atoms with van der Waals surface area (Å²) in [5.41, 5.74) is 0.486. The number of hydrogen-bond donors (Lipinski definition) is 1. The summed E-state index contributed by atoms with van der Waals surface area (Å²) in [5, 5.41) is 2.15. The van der Waals surface area contributed by atoms with Crippen LogP contribution in [0, 0.1) is 0 Å². The average molecular weight is 527 g/mol. The Hall–Kier alpha value is -3.76. The van der Waals surface area contributed by atoms with Crippen molar-refractivity contribution in [3.05, 3.63) is 94.5 Å². The minimum absolute atomic E-state index is 0.0124. The topological polar surface area (TPSA) is 110 Å². The highest BCUT2D eigenvalue weighted by Gasteiger charge is 2.36. The van der Waals surface area contributed by atoms with Gasteiger partial charge in [-0.3, -0.25) is 14.9 Å². The number of halogens is 1. The second kappa shape index (κ2) is 9.00. The summed E-state index contributed by atoms with van der Waals surface area (Å²) in [4.78, 5) is 38.3. The molecule has 0 radical (unpaired) electrons. The number of amides is 4. The van der Waals surface area contributed by atoms with Gasteiger partial charge in [-0.05, 0) is 60.2 Å². The quantitative estimate of drug-likeness (QED) is 0.307. The summed E-state index contributed by atoms with van der Waals surface area (Å²) in [6.45, 7) is 0. The lowest BCUT2D eigenvalue weighted by atomic mass is 10.1. The number of barbiturate groups is 1. The normalized spacial score (nSPS) is 15.5. The Labute approximate surface area is 197 Å². The summed E-state index contributed by atoms with van der Waals surface area (Å²) in [6, 6.07) is 19.1.